The highest BCUT2D eigenvalue weighted by atomic mass is 14.0. The fourth-order valence-electron chi connectivity index (χ4n) is 0.784. The van der Waals surface area contributed by atoms with Gasteiger partial charge in [-0.05, 0) is 18.8 Å². The van der Waals surface area contributed by atoms with Crippen molar-refractivity contribution in [2.24, 2.45) is 5.92 Å². The zero-order chi connectivity index (χ0) is 4.41. The zero-order valence-corrected chi connectivity index (χ0v) is 4.15. The number of rotatable bonds is 0. The van der Waals surface area contributed by atoms with Gasteiger partial charge in [0.15, 0.2) is 0 Å². The molecule has 0 nitrogen and oxygen atoms in total. The Balaban J connectivity index is 2.38. The van der Waals surface area contributed by atoms with Crippen molar-refractivity contribution in [1.82, 2.24) is 0 Å². The van der Waals surface area contributed by atoms with E-state index in [1.54, 1.807) is 0 Å². The maximum absolute atomic E-state index is 2.28. The first-order chi connectivity index (χ1) is 2.89. The third-order valence-corrected chi connectivity index (χ3v) is 1.25. The predicted molar refractivity (Wildman–Crippen MR) is 27.5 cm³/mol. The minimum absolute atomic E-state index is 0.866. The molecular weight excluding hydrogens is 72.1 g/mol. The Labute approximate surface area is 38.9 Å². The van der Waals surface area contributed by atoms with Gasteiger partial charge in [0.1, 0.15) is 0 Å². The van der Waals surface area contributed by atoms with Crippen LogP contribution in [0.4, 0.5) is 0 Å². The summed E-state index contributed by atoms with van der Waals surface area (Å²) < 4.78 is 0. The first-order valence-electron chi connectivity index (χ1n) is 2.56. The predicted octanol–water partition coefficient (Wildman–Crippen LogP) is 1.97. The lowest BCUT2D eigenvalue weighted by atomic mass is 10.2. The maximum Gasteiger partial charge on any atom is -0.0259 e. The summed E-state index contributed by atoms with van der Waals surface area (Å²) in [6.45, 7) is 2.25. The van der Waals surface area contributed by atoms with Gasteiger partial charge < -0.3 is 0 Å². The Morgan fingerprint density at radius 1 is 1.67 bits per heavy atom. The molecular formula is C6H10. The van der Waals surface area contributed by atoms with E-state index in [9.17, 15) is 0 Å². The van der Waals surface area contributed by atoms with Crippen LogP contribution in [0.3, 0.4) is 0 Å². The van der Waals surface area contributed by atoms with Gasteiger partial charge in [-0.3, -0.25) is 0 Å². The van der Waals surface area contributed by atoms with E-state index in [4.69, 9.17) is 0 Å². The molecule has 0 aliphatic heterocycles. The molecule has 1 aliphatic carbocycles. The van der Waals surface area contributed by atoms with E-state index < -0.39 is 0 Å². The second-order valence-electron chi connectivity index (χ2n) is 1.98. The van der Waals surface area contributed by atoms with E-state index in [0.717, 1.165) is 5.92 Å². The summed E-state index contributed by atoms with van der Waals surface area (Å²) >= 11 is 0. The average Bonchev–Trinajstić information content (AvgIpc) is 1.86. The third kappa shape index (κ3) is 0.618. The van der Waals surface area contributed by atoms with E-state index in [2.05, 4.69) is 19.1 Å². The van der Waals surface area contributed by atoms with Crippen molar-refractivity contribution in [2.75, 3.05) is 0 Å². The van der Waals surface area contributed by atoms with Gasteiger partial charge in [-0.2, -0.15) is 0 Å². The molecule has 0 N–H and O–H groups in total. The molecule has 0 bridgehead atoms. The van der Waals surface area contributed by atoms with Crippen LogP contribution in [0.15, 0.2) is 12.2 Å². The Hall–Kier alpha value is -0.260. The molecule has 0 heterocycles. The Bertz CT molecular complexity index is 62.4. The Morgan fingerprint density at radius 3 is 2.67 bits per heavy atom. The van der Waals surface area contributed by atoms with Crippen molar-refractivity contribution in [2.45, 2.75) is 19.8 Å². The van der Waals surface area contributed by atoms with Crippen molar-refractivity contribution in [3.63, 3.8) is 0 Å². The smallest absolute Gasteiger partial charge is 0.0259 e. The lowest BCUT2D eigenvalue weighted by Gasteiger charge is -1.89. The van der Waals surface area contributed by atoms with Crippen molar-refractivity contribution in [1.29, 1.82) is 0 Å². The van der Waals surface area contributed by atoms with Crippen LogP contribution >= 0.6 is 0 Å². The first-order valence-corrected chi connectivity index (χ1v) is 2.56. The highest BCUT2D eigenvalue weighted by Crippen LogP contribution is 2.14. The molecule has 0 saturated carbocycles. The zero-order valence-electron chi connectivity index (χ0n) is 4.15. The molecule has 0 fully saturated rings. The fourth-order valence-corrected chi connectivity index (χ4v) is 0.784. The van der Waals surface area contributed by atoms with Crippen LogP contribution in [0, 0.1) is 5.92 Å². The van der Waals surface area contributed by atoms with E-state index >= 15 is 0 Å². The molecule has 0 unspecified atom stereocenters. The summed E-state index contributed by atoms with van der Waals surface area (Å²) in [5.41, 5.74) is 0. The largest absolute Gasteiger partial charge is 0.0882 e. The van der Waals surface area contributed by atoms with Crippen LogP contribution in [-0.2, 0) is 0 Å². The summed E-state index contributed by atoms with van der Waals surface area (Å²) in [7, 11) is 0. The highest BCUT2D eigenvalue weighted by Gasteiger charge is 1.98. The quantitative estimate of drug-likeness (QED) is 0.392. The molecule has 0 amide bonds. The standard InChI is InChI=1S/C6H10/c1-6-4-2-3-5-6/h2,4,6H,3,5H2,1H3/t6-/m1/s1. The minimum atomic E-state index is 0.866. The van der Waals surface area contributed by atoms with Crippen molar-refractivity contribution >= 4 is 0 Å². The molecule has 6 heavy (non-hydrogen) atoms. The summed E-state index contributed by atoms with van der Waals surface area (Å²) in [6, 6.07) is 0. The summed E-state index contributed by atoms with van der Waals surface area (Å²) in [5.74, 6) is 0.866. The molecule has 1 aliphatic rings. The fraction of sp³-hybridized carbons (Fsp3) is 0.667. The summed E-state index contributed by atoms with van der Waals surface area (Å²) in [5, 5.41) is 0. The minimum Gasteiger partial charge on any atom is -0.0882 e. The summed E-state index contributed by atoms with van der Waals surface area (Å²) in [4.78, 5) is 0. The van der Waals surface area contributed by atoms with E-state index in [1.807, 2.05) is 0 Å². The molecule has 0 aromatic carbocycles. The van der Waals surface area contributed by atoms with Gasteiger partial charge >= 0.3 is 0 Å². The number of hydrogen-bond donors (Lipinski definition) is 0. The monoisotopic (exact) mass is 82.1 g/mol. The lowest BCUT2D eigenvalue weighted by Crippen LogP contribution is -1.76. The van der Waals surface area contributed by atoms with Gasteiger partial charge in [-0.1, -0.05) is 19.1 Å². The van der Waals surface area contributed by atoms with Gasteiger partial charge in [0.25, 0.3) is 0 Å². The van der Waals surface area contributed by atoms with Crippen LogP contribution in [0.1, 0.15) is 19.8 Å². The van der Waals surface area contributed by atoms with Gasteiger partial charge in [-0.25, -0.2) is 0 Å². The van der Waals surface area contributed by atoms with Crippen LogP contribution in [0.5, 0.6) is 0 Å². The Morgan fingerprint density at radius 2 is 2.50 bits per heavy atom. The van der Waals surface area contributed by atoms with Crippen molar-refractivity contribution < 1.29 is 0 Å². The van der Waals surface area contributed by atoms with E-state index in [1.165, 1.54) is 12.8 Å². The topological polar surface area (TPSA) is 0 Å². The van der Waals surface area contributed by atoms with Gasteiger partial charge in [0, 0.05) is 0 Å². The SMILES string of the molecule is C[C@@H]1C=CCC1. The molecule has 1 atom stereocenters. The van der Waals surface area contributed by atoms with Crippen LogP contribution in [0.2, 0.25) is 0 Å². The molecule has 1 rings (SSSR count). The normalized spacial score (nSPS) is 31.8. The van der Waals surface area contributed by atoms with Crippen molar-refractivity contribution in [3.8, 4) is 0 Å². The molecule has 0 saturated heterocycles. The van der Waals surface area contributed by atoms with Crippen molar-refractivity contribution in [3.05, 3.63) is 12.2 Å². The van der Waals surface area contributed by atoms with Crippen LogP contribution < -0.4 is 0 Å². The second kappa shape index (κ2) is 1.46. The molecule has 34 valence electrons. The van der Waals surface area contributed by atoms with E-state index in [0.29, 0.717) is 0 Å². The molecule has 0 aromatic rings. The van der Waals surface area contributed by atoms with E-state index in [-0.39, 0.29) is 0 Å². The van der Waals surface area contributed by atoms with Crippen LogP contribution in [0.25, 0.3) is 0 Å². The van der Waals surface area contributed by atoms with Crippen LogP contribution in [-0.4, -0.2) is 0 Å². The maximum atomic E-state index is 2.28. The number of hydrogen-bond acceptors (Lipinski definition) is 0. The highest BCUT2D eigenvalue weighted by molar-refractivity contribution is 4.93. The molecule has 0 heteroatoms. The second-order valence-corrected chi connectivity index (χ2v) is 1.98. The van der Waals surface area contributed by atoms with Gasteiger partial charge in [-0.15, -0.1) is 0 Å². The first kappa shape index (κ1) is 3.91. The van der Waals surface area contributed by atoms with Gasteiger partial charge in [0.05, 0.1) is 0 Å². The Kier molecular flexibility index (Phi) is 0.952. The molecule has 0 aromatic heterocycles. The van der Waals surface area contributed by atoms with Gasteiger partial charge in [0.2, 0.25) is 0 Å². The average molecular weight is 82.1 g/mol. The number of allylic oxidation sites excluding steroid dienone is 2. The summed E-state index contributed by atoms with van der Waals surface area (Å²) in [6.07, 6.45) is 7.21. The third-order valence-electron chi connectivity index (χ3n) is 1.25. The molecule has 0 radical (unpaired) electrons. The lowest BCUT2D eigenvalue weighted by molar-refractivity contribution is 0.701. The molecule has 0 spiro atoms.